The van der Waals surface area contributed by atoms with Crippen LogP contribution in [0.2, 0.25) is 0 Å². The van der Waals surface area contributed by atoms with E-state index in [2.05, 4.69) is 5.32 Å². The highest BCUT2D eigenvalue weighted by atomic mass is 16.3. The van der Waals surface area contributed by atoms with Gasteiger partial charge < -0.3 is 21.3 Å². The number of carbonyl (C=O) groups excluding carboxylic acids is 1. The summed E-state index contributed by atoms with van der Waals surface area (Å²) in [6.45, 7) is 0.363. The molecule has 0 aliphatic rings. The van der Waals surface area contributed by atoms with Gasteiger partial charge in [-0.2, -0.15) is 0 Å². The van der Waals surface area contributed by atoms with Crippen LogP contribution in [0, 0.1) is 0 Å². The van der Waals surface area contributed by atoms with E-state index in [1.54, 1.807) is 48.5 Å². The molecule has 5 N–H and O–H groups in total. The minimum atomic E-state index is -0.647. The summed E-state index contributed by atoms with van der Waals surface area (Å²) in [7, 11) is 0. The zero-order chi connectivity index (χ0) is 15.2. The van der Waals surface area contributed by atoms with Gasteiger partial charge in [0.2, 0.25) is 5.91 Å². The van der Waals surface area contributed by atoms with E-state index in [1.165, 1.54) is 0 Å². The highest BCUT2D eigenvalue weighted by molar-refractivity contribution is 5.81. The quantitative estimate of drug-likeness (QED) is 0.666. The molecule has 0 aromatic heterocycles. The van der Waals surface area contributed by atoms with E-state index in [1.807, 2.05) is 0 Å². The van der Waals surface area contributed by atoms with E-state index >= 15 is 0 Å². The van der Waals surface area contributed by atoms with Gasteiger partial charge in [-0.05, 0) is 41.8 Å². The molecule has 2 aromatic carbocycles. The first-order valence-corrected chi connectivity index (χ1v) is 6.63. The van der Waals surface area contributed by atoms with Gasteiger partial charge in [0.25, 0.3) is 0 Å². The Morgan fingerprint density at radius 3 is 1.95 bits per heavy atom. The van der Waals surface area contributed by atoms with Crippen molar-refractivity contribution in [2.75, 3.05) is 0 Å². The Hall–Kier alpha value is -2.53. The van der Waals surface area contributed by atoms with Gasteiger partial charge in [-0.1, -0.05) is 24.3 Å². The molecule has 2 rings (SSSR count). The number of benzene rings is 2. The highest BCUT2D eigenvalue weighted by Crippen LogP contribution is 2.11. The fourth-order valence-electron chi connectivity index (χ4n) is 1.91. The van der Waals surface area contributed by atoms with Crippen molar-refractivity contribution in [3.63, 3.8) is 0 Å². The number of hydrogen-bond acceptors (Lipinski definition) is 4. The van der Waals surface area contributed by atoms with E-state index in [4.69, 9.17) is 5.73 Å². The number of aromatic hydroxyl groups is 2. The third-order valence-electron chi connectivity index (χ3n) is 3.13. The van der Waals surface area contributed by atoms with E-state index in [0.717, 1.165) is 11.1 Å². The third-order valence-corrected chi connectivity index (χ3v) is 3.13. The van der Waals surface area contributed by atoms with E-state index < -0.39 is 6.04 Å². The second-order valence-corrected chi connectivity index (χ2v) is 4.86. The van der Waals surface area contributed by atoms with Crippen LogP contribution in [0.5, 0.6) is 11.5 Å². The van der Waals surface area contributed by atoms with Gasteiger partial charge in [0.15, 0.2) is 0 Å². The van der Waals surface area contributed by atoms with Crippen LogP contribution in [0.15, 0.2) is 48.5 Å². The maximum absolute atomic E-state index is 11.9. The van der Waals surface area contributed by atoms with Crippen LogP contribution in [-0.4, -0.2) is 22.2 Å². The van der Waals surface area contributed by atoms with Gasteiger partial charge in [-0.25, -0.2) is 0 Å². The molecule has 0 saturated heterocycles. The topological polar surface area (TPSA) is 95.6 Å². The average molecular weight is 286 g/mol. The van der Waals surface area contributed by atoms with Crippen molar-refractivity contribution in [3.05, 3.63) is 59.7 Å². The molecule has 5 heteroatoms. The first kappa shape index (κ1) is 14.9. The monoisotopic (exact) mass is 286 g/mol. The van der Waals surface area contributed by atoms with Crippen molar-refractivity contribution < 1.29 is 15.0 Å². The lowest BCUT2D eigenvalue weighted by Crippen LogP contribution is -2.41. The Kier molecular flexibility index (Phi) is 4.79. The van der Waals surface area contributed by atoms with Gasteiger partial charge in [0.1, 0.15) is 11.5 Å². The zero-order valence-corrected chi connectivity index (χ0v) is 11.5. The van der Waals surface area contributed by atoms with Gasteiger partial charge in [-0.3, -0.25) is 4.79 Å². The second kappa shape index (κ2) is 6.76. The lowest BCUT2D eigenvalue weighted by atomic mass is 10.1. The van der Waals surface area contributed by atoms with Gasteiger partial charge in [0, 0.05) is 6.54 Å². The smallest absolute Gasteiger partial charge is 0.237 e. The highest BCUT2D eigenvalue weighted by Gasteiger charge is 2.13. The van der Waals surface area contributed by atoms with Crippen molar-refractivity contribution in [1.29, 1.82) is 0 Å². The molecule has 5 nitrogen and oxygen atoms in total. The minimum Gasteiger partial charge on any atom is -0.508 e. The molecule has 0 aliphatic heterocycles. The molecule has 0 spiro atoms. The van der Waals surface area contributed by atoms with Gasteiger partial charge >= 0.3 is 0 Å². The first-order valence-electron chi connectivity index (χ1n) is 6.63. The second-order valence-electron chi connectivity index (χ2n) is 4.86. The fourth-order valence-corrected chi connectivity index (χ4v) is 1.91. The number of phenols is 2. The molecule has 0 heterocycles. The summed E-state index contributed by atoms with van der Waals surface area (Å²) in [5, 5.41) is 21.1. The molecule has 0 unspecified atom stereocenters. The Bertz CT molecular complexity index is 594. The summed E-state index contributed by atoms with van der Waals surface area (Å²) in [5.74, 6) is 0.134. The molecule has 2 aromatic rings. The van der Waals surface area contributed by atoms with Crippen LogP contribution in [0.3, 0.4) is 0 Å². The maximum Gasteiger partial charge on any atom is 0.237 e. The number of rotatable bonds is 5. The summed E-state index contributed by atoms with van der Waals surface area (Å²) < 4.78 is 0. The van der Waals surface area contributed by atoms with Crippen LogP contribution in [0.4, 0.5) is 0 Å². The summed E-state index contributed by atoms with van der Waals surface area (Å²) >= 11 is 0. The molecule has 21 heavy (non-hydrogen) atoms. The van der Waals surface area contributed by atoms with E-state index in [-0.39, 0.29) is 17.4 Å². The number of carbonyl (C=O) groups is 1. The van der Waals surface area contributed by atoms with Crippen molar-refractivity contribution in [2.45, 2.75) is 19.0 Å². The Morgan fingerprint density at radius 1 is 0.952 bits per heavy atom. The summed E-state index contributed by atoms with van der Waals surface area (Å²) in [5.41, 5.74) is 7.64. The third kappa shape index (κ3) is 4.50. The van der Waals surface area contributed by atoms with Crippen molar-refractivity contribution in [2.24, 2.45) is 5.73 Å². The van der Waals surface area contributed by atoms with Crippen LogP contribution in [0.1, 0.15) is 11.1 Å². The summed E-state index contributed by atoms with van der Waals surface area (Å²) in [4.78, 5) is 11.9. The molecule has 0 fully saturated rings. The molecule has 1 atom stereocenters. The van der Waals surface area contributed by atoms with E-state index in [9.17, 15) is 15.0 Å². The first-order chi connectivity index (χ1) is 10.0. The van der Waals surface area contributed by atoms with Gasteiger partial charge in [0.05, 0.1) is 6.04 Å². The molecular formula is C16H18N2O3. The van der Waals surface area contributed by atoms with Crippen molar-refractivity contribution >= 4 is 5.91 Å². The largest absolute Gasteiger partial charge is 0.508 e. The molecule has 0 aliphatic carbocycles. The van der Waals surface area contributed by atoms with Gasteiger partial charge in [-0.15, -0.1) is 0 Å². The fraction of sp³-hybridized carbons (Fsp3) is 0.188. The van der Waals surface area contributed by atoms with Crippen LogP contribution in [0.25, 0.3) is 0 Å². The number of nitrogens with two attached hydrogens (primary N) is 1. The standard InChI is InChI=1S/C16H18N2O3/c17-15(9-11-1-5-13(19)6-2-11)16(21)18-10-12-3-7-14(20)8-4-12/h1-8,15,19-20H,9-10,17H2,(H,18,21)/t15-/m1/s1. The molecule has 1 amide bonds. The predicted octanol–water partition coefficient (Wildman–Crippen LogP) is 1.28. The molecular weight excluding hydrogens is 268 g/mol. The number of nitrogens with one attached hydrogen (secondary N) is 1. The Balaban J connectivity index is 1.84. The SMILES string of the molecule is N[C@H](Cc1ccc(O)cc1)C(=O)NCc1ccc(O)cc1. The number of hydrogen-bond donors (Lipinski definition) is 4. The Morgan fingerprint density at radius 2 is 1.43 bits per heavy atom. The summed E-state index contributed by atoms with van der Waals surface area (Å²) in [6.07, 6.45) is 0.404. The van der Waals surface area contributed by atoms with Crippen LogP contribution < -0.4 is 11.1 Å². The van der Waals surface area contributed by atoms with Crippen LogP contribution >= 0.6 is 0 Å². The summed E-state index contributed by atoms with van der Waals surface area (Å²) in [6, 6.07) is 12.6. The number of phenolic OH excluding ortho intramolecular Hbond substituents is 2. The molecule has 0 saturated carbocycles. The van der Waals surface area contributed by atoms with E-state index in [0.29, 0.717) is 13.0 Å². The zero-order valence-electron chi connectivity index (χ0n) is 11.5. The lowest BCUT2D eigenvalue weighted by molar-refractivity contribution is -0.122. The van der Waals surface area contributed by atoms with Crippen molar-refractivity contribution in [3.8, 4) is 11.5 Å². The lowest BCUT2D eigenvalue weighted by Gasteiger charge is -2.12. The molecule has 0 bridgehead atoms. The predicted molar refractivity (Wildman–Crippen MR) is 79.7 cm³/mol. The number of amides is 1. The molecule has 0 radical (unpaired) electrons. The minimum absolute atomic E-state index is 0.184. The molecule has 110 valence electrons. The van der Waals surface area contributed by atoms with Crippen molar-refractivity contribution in [1.82, 2.24) is 5.32 Å². The maximum atomic E-state index is 11.9. The van der Waals surface area contributed by atoms with Crippen LogP contribution in [-0.2, 0) is 17.8 Å². The Labute approximate surface area is 123 Å². The average Bonchev–Trinajstić information content (AvgIpc) is 2.48. The normalized spacial score (nSPS) is 11.9.